The zero-order chi connectivity index (χ0) is 20.1. The summed E-state index contributed by atoms with van der Waals surface area (Å²) in [5.74, 6) is -0.463. The fraction of sp³-hybridized carbons (Fsp3) is 0.190. The molecule has 0 aliphatic heterocycles. The summed E-state index contributed by atoms with van der Waals surface area (Å²) in [4.78, 5) is 20.2. The fourth-order valence-corrected chi connectivity index (χ4v) is 3.00. The van der Waals surface area contributed by atoms with E-state index in [9.17, 15) is 9.18 Å². The lowest BCUT2D eigenvalue weighted by atomic mass is 10.0. The highest BCUT2D eigenvalue weighted by Gasteiger charge is 2.12. The minimum atomic E-state index is -0.558. The number of amides is 1. The van der Waals surface area contributed by atoms with Gasteiger partial charge in [0.05, 0.1) is 25.0 Å². The number of carbonyl (C=O) groups is 1. The van der Waals surface area contributed by atoms with Crippen LogP contribution in [-0.4, -0.2) is 30.1 Å². The SMILES string of the molecule is COCc1cc(F)ccc1-c1cc(Cc2ccc(OC)c(C(N)=O)c2)ncn1. The Bertz CT molecular complexity index is 1010. The van der Waals surface area contributed by atoms with Crippen molar-refractivity contribution < 1.29 is 18.7 Å². The minimum absolute atomic E-state index is 0.271. The molecular formula is C21H20FN3O3. The van der Waals surface area contributed by atoms with E-state index >= 15 is 0 Å². The standard InChI is InChI=1S/C21H20FN3O3/c1-27-11-14-9-15(22)4-5-17(14)19-10-16(24-12-25-19)7-13-3-6-20(28-2)18(8-13)21(23)26/h3-6,8-10,12H,7,11H2,1-2H3,(H2,23,26). The molecule has 2 N–H and O–H groups in total. The molecule has 3 aromatic rings. The smallest absolute Gasteiger partial charge is 0.252 e. The molecule has 0 atom stereocenters. The molecule has 28 heavy (non-hydrogen) atoms. The number of primary amides is 1. The summed E-state index contributed by atoms with van der Waals surface area (Å²) in [6.07, 6.45) is 1.93. The zero-order valence-corrected chi connectivity index (χ0v) is 15.6. The number of benzene rings is 2. The Hall–Kier alpha value is -3.32. The number of halogens is 1. The topological polar surface area (TPSA) is 87.3 Å². The minimum Gasteiger partial charge on any atom is -0.496 e. The van der Waals surface area contributed by atoms with Crippen molar-refractivity contribution in [1.29, 1.82) is 0 Å². The van der Waals surface area contributed by atoms with E-state index in [0.717, 1.165) is 16.8 Å². The summed E-state index contributed by atoms with van der Waals surface area (Å²) >= 11 is 0. The summed E-state index contributed by atoms with van der Waals surface area (Å²) in [5, 5.41) is 0. The molecule has 6 nitrogen and oxygen atoms in total. The predicted molar refractivity (Wildman–Crippen MR) is 102 cm³/mol. The van der Waals surface area contributed by atoms with E-state index in [4.69, 9.17) is 15.2 Å². The summed E-state index contributed by atoms with van der Waals surface area (Å²) in [6, 6.07) is 11.6. The quantitative estimate of drug-likeness (QED) is 0.679. The van der Waals surface area contributed by atoms with Crippen molar-refractivity contribution in [2.75, 3.05) is 14.2 Å². The van der Waals surface area contributed by atoms with E-state index in [2.05, 4.69) is 9.97 Å². The first-order chi connectivity index (χ1) is 13.5. The van der Waals surface area contributed by atoms with Gasteiger partial charge in [-0.1, -0.05) is 6.07 Å². The van der Waals surface area contributed by atoms with Gasteiger partial charge in [0.1, 0.15) is 17.9 Å². The van der Waals surface area contributed by atoms with Gasteiger partial charge < -0.3 is 15.2 Å². The number of nitrogens with zero attached hydrogens (tertiary/aromatic N) is 2. The van der Waals surface area contributed by atoms with Gasteiger partial charge in [-0.25, -0.2) is 14.4 Å². The van der Waals surface area contributed by atoms with Crippen molar-refractivity contribution in [2.45, 2.75) is 13.0 Å². The summed E-state index contributed by atoms with van der Waals surface area (Å²) in [7, 11) is 3.04. The van der Waals surface area contributed by atoms with Crippen molar-refractivity contribution in [3.8, 4) is 17.0 Å². The molecule has 7 heteroatoms. The number of hydrogen-bond acceptors (Lipinski definition) is 5. The molecule has 0 aliphatic rings. The summed E-state index contributed by atoms with van der Waals surface area (Å²) < 4.78 is 23.9. The monoisotopic (exact) mass is 381 g/mol. The Kier molecular flexibility index (Phi) is 5.96. The van der Waals surface area contributed by atoms with Gasteiger partial charge in [-0.05, 0) is 47.5 Å². The Balaban J connectivity index is 1.93. The van der Waals surface area contributed by atoms with Gasteiger partial charge in [-0.15, -0.1) is 0 Å². The van der Waals surface area contributed by atoms with E-state index in [0.29, 0.717) is 29.0 Å². The molecule has 0 unspecified atom stereocenters. The number of carbonyl (C=O) groups excluding carboxylic acids is 1. The molecule has 2 aromatic carbocycles. The van der Waals surface area contributed by atoms with Gasteiger partial charge >= 0.3 is 0 Å². The molecule has 1 heterocycles. The Labute approximate surface area is 162 Å². The van der Waals surface area contributed by atoms with Crippen LogP contribution in [0.15, 0.2) is 48.8 Å². The van der Waals surface area contributed by atoms with Gasteiger partial charge in [-0.2, -0.15) is 0 Å². The van der Waals surface area contributed by atoms with Crippen LogP contribution < -0.4 is 10.5 Å². The molecule has 0 spiro atoms. The van der Waals surface area contributed by atoms with Crippen LogP contribution in [0.5, 0.6) is 5.75 Å². The largest absolute Gasteiger partial charge is 0.496 e. The molecule has 1 aromatic heterocycles. The van der Waals surface area contributed by atoms with Crippen molar-refractivity contribution in [2.24, 2.45) is 5.73 Å². The van der Waals surface area contributed by atoms with E-state index in [-0.39, 0.29) is 12.4 Å². The lowest BCUT2D eigenvalue weighted by molar-refractivity contribution is 0.0997. The molecular weight excluding hydrogens is 361 g/mol. The average molecular weight is 381 g/mol. The maximum absolute atomic E-state index is 13.6. The van der Waals surface area contributed by atoms with Crippen LogP contribution in [-0.2, 0) is 17.8 Å². The second-order valence-corrected chi connectivity index (χ2v) is 6.20. The van der Waals surface area contributed by atoms with E-state index in [1.54, 1.807) is 25.3 Å². The lowest BCUT2D eigenvalue weighted by Crippen LogP contribution is -2.13. The molecule has 0 saturated heterocycles. The molecule has 144 valence electrons. The predicted octanol–water partition coefficient (Wildman–Crippen LogP) is 3.13. The number of methoxy groups -OCH3 is 2. The van der Waals surface area contributed by atoms with Gasteiger partial charge in [0.25, 0.3) is 5.91 Å². The molecule has 0 saturated carbocycles. The van der Waals surface area contributed by atoms with E-state index in [1.807, 2.05) is 12.1 Å². The van der Waals surface area contributed by atoms with Crippen LogP contribution in [0.4, 0.5) is 4.39 Å². The second-order valence-electron chi connectivity index (χ2n) is 6.20. The Morgan fingerprint density at radius 1 is 1.11 bits per heavy atom. The van der Waals surface area contributed by atoms with Crippen LogP contribution in [0.1, 0.15) is 27.2 Å². The molecule has 0 bridgehead atoms. The second kappa shape index (κ2) is 8.58. The Morgan fingerprint density at radius 3 is 2.64 bits per heavy atom. The highest BCUT2D eigenvalue weighted by molar-refractivity contribution is 5.95. The lowest BCUT2D eigenvalue weighted by Gasteiger charge is -2.11. The van der Waals surface area contributed by atoms with Crippen LogP contribution in [0.25, 0.3) is 11.3 Å². The van der Waals surface area contributed by atoms with Crippen LogP contribution in [0.3, 0.4) is 0 Å². The van der Waals surface area contributed by atoms with Crippen molar-refractivity contribution in [3.05, 3.63) is 77.0 Å². The third-order valence-corrected chi connectivity index (χ3v) is 4.28. The first-order valence-electron chi connectivity index (χ1n) is 8.57. The maximum Gasteiger partial charge on any atom is 0.252 e. The van der Waals surface area contributed by atoms with Crippen molar-refractivity contribution in [1.82, 2.24) is 9.97 Å². The fourth-order valence-electron chi connectivity index (χ4n) is 3.00. The molecule has 0 fully saturated rings. The number of hydrogen-bond donors (Lipinski definition) is 1. The number of nitrogens with two attached hydrogens (primary N) is 1. The highest BCUT2D eigenvalue weighted by atomic mass is 19.1. The van der Waals surface area contributed by atoms with E-state index in [1.165, 1.54) is 25.6 Å². The zero-order valence-electron chi connectivity index (χ0n) is 15.6. The molecule has 0 aliphatic carbocycles. The number of ether oxygens (including phenoxy) is 2. The van der Waals surface area contributed by atoms with Crippen LogP contribution >= 0.6 is 0 Å². The third-order valence-electron chi connectivity index (χ3n) is 4.28. The van der Waals surface area contributed by atoms with Gasteiger partial charge in [0, 0.05) is 24.8 Å². The first-order valence-corrected chi connectivity index (χ1v) is 8.57. The van der Waals surface area contributed by atoms with Gasteiger partial charge in [0.2, 0.25) is 0 Å². The Morgan fingerprint density at radius 2 is 1.93 bits per heavy atom. The average Bonchev–Trinajstić information content (AvgIpc) is 2.68. The summed E-state index contributed by atoms with van der Waals surface area (Å²) in [6.45, 7) is 0.271. The maximum atomic E-state index is 13.6. The van der Waals surface area contributed by atoms with Crippen molar-refractivity contribution >= 4 is 5.91 Å². The first kappa shape index (κ1) is 19.4. The van der Waals surface area contributed by atoms with Crippen molar-refractivity contribution in [3.63, 3.8) is 0 Å². The number of rotatable bonds is 7. The van der Waals surface area contributed by atoms with Crippen LogP contribution in [0.2, 0.25) is 0 Å². The third kappa shape index (κ3) is 4.32. The van der Waals surface area contributed by atoms with E-state index < -0.39 is 5.91 Å². The number of aromatic nitrogens is 2. The van der Waals surface area contributed by atoms with Gasteiger partial charge in [-0.3, -0.25) is 4.79 Å². The summed E-state index contributed by atoms with van der Waals surface area (Å²) in [5.41, 5.74) is 9.49. The molecule has 3 rings (SSSR count). The normalized spacial score (nSPS) is 10.7. The molecule has 0 radical (unpaired) electrons. The van der Waals surface area contributed by atoms with Gasteiger partial charge in [0.15, 0.2) is 0 Å². The highest BCUT2D eigenvalue weighted by Crippen LogP contribution is 2.25. The van der Waals surface area contributed by atoms with Crippen LogP contribution in [0, 0.1) is 5.82 Å². The molecule has 1 amide bonds.